The maximum Gasteiger partial charge on any atom is 0.326 e. The van der Waals surface area contributed by atoms with E-state index >= 15 is 0 Å². The quantitative estimate of drug-likeness (QED) is 0.689. The lowest BCUT2D eigenvalue weighted by Crippen LogP contribution is -2.35. The van der Waals surface area contributed by atoms with Gasteiger partial charge >= 0.3 is 5.97 Å². The minimum Gasteiger partial charge on any atom is -0.480 e. The van der Waals surface area contributed by atoms with Crippen LogP contribution >= 0.6 is 0 Å². The van der Waals surface area contributed by atoms with E-state index in [4.69, 9.17) is 9.84 Å². The Morgan fingerprint density at radius 2 is 2.00 bits per heavy atom. The van der Waals surface area contributed by atoms with Crippen LogP contribution in [-0.2, 0) is 19.6 Å². The van der Waals surface area contributed by atoms with Crippen molar-refractivity contribution in [2.45, 2.75) is 12.5 Å². The molecule has 7 heteroatoms. The number of rotatable bonds is 8. The average Bonchev–Trinajstić information content (AvgIpc) is 2.37. The van der Waals surface area contributed by atoms with Crippen LogP contribution in [0.1, 0.15) is 18.0 Å². The summed E-state index contributed by atoms with van der Waals surface area (Å²) >= 11 is 0. The monoisotopic (exact) mass is 287 g/mol. The average molecular weight is 287 g/mol. The molecule has 1 rings (SSSR count). The van der Waals surface area contributed by atoms with Crippen LogP contribution in [0.5, 0.6) is 0 Å². The van der Waals surface area contributed by atoms with Gasteiger partial charge < -0.3 is 9.84 Å². The van der Waals surface area contributed by atoms with Crippen molar-refractivity contribution in [3.63, 3.8) is 0 Å². The molecule has 0 radical (unpaired) electrons. The molecule has 2 N–H and O–H groups in total. The number of hydrogen-bond acceptors (Lipinski definition) is 4. The Labute approximate surface area is 112 Å². The lowest BCUT2D eigenvalue weighted by atomic mass is 10.1. The van der Waals surface area contributed by atoms with Crippen LogP contribution in [0, 0.1) is 0 Å². The first-order valence-electron chi connectivity index (χ1n) is 5.73. The number of carbonyl (C=O) groups is 1. The summed E-state index contributed by atoms with van der Waals surface area (Å²) in [5.41, 5.74) is 0.394. The normalized spacial score (nSPS) is 13.1. The highest BCUT2D eigenvalue weighted by Crippen LogP contribution is 2.14. The van der Waals surface area contributed by atoms with E-state index in [0.717, 1.165) is 0 Å². The van der Waals surface area contributed by atoms with Crippen LogP contribution in [0.25, 0.3) is 0 Å². The number of benzene rings is 1. The van der Waals surface area contributed by atoms with Gasteiger partial charge in [-0.2, -0.15) is 4.72 Å². The molecule has 1 aromatic carbocycles. The maximum atomic E-state index is 11.8. The first kappa shape index (κ1) is 15.6. The van der Waals surface area contributed by atoms with E-state index in [9.17, 15) is 13.2 Å². The van der Waals surface area contributed by atoms with Crippen LogP contribution in [0.3, 0.4) is 0 Å². The summed E-state index contributed by atoms with van der Waals surface area (Å²) in [7, 11) is -2.18. The van der Waals surface area contributed by atoms with Crippen LogP contribution in [0.4, 0.5) is 0 Å². The van der Waals surface area contributed by atoms with E-state index in [0.29, 0.717) is 18.6 Å². The molecule has 0 aliphatic rings. The van der Waals surface area contributed by atoms with E-state index in [1.165, 1.54) is 7.11 Å². The molecule has 1 atom stereocenters. The molecule has 0 aliphatic heterocycles. The van der Waals surface area contributed by atoms with Crippen molar-refractivity contribution in [3.8, 4) is 0 Å². The minimum atomic E-state index is -3.66. The van der Waals surface area contributed by atoms with Crippen molar-refractivity contribution in [3.05, 3.63) is 35.9 Å². The number of nitrogens with one attached hydrogen (secondary N) is 1. The van der Waals surface area contributed by atoms with Gasteiger partial charge in [0, 0.05) is 13.7 Å². The second-order valence-corrected chi connectivity index (χ2v) is 5.84. The molecule has 0 heterocycles. The van der Waals surface area contributed by atoms with Gasteiger partial charge in [-0.3, -0.25) is 4.79 Å². The van der Waals surface area contributed by atoms with Gasteiger partial charge in [0.25, 0.3) is 0 Å². The molecule has 0 saturated carbocycles. The summed E-state index contributed by atoms with van der Waals surface area (Å²) in [6, 6.07) is 6.91. The Hall–Kier alpha value is -1.44. The van der Waals surface area contributed by atoms with Crippen molar-refractivity contribution in [2.75, 3.05) is 19.5 Å². The van der Waals surface area contributed by atoms with Gasteiger partial charge in [0.1, 0.15) is 6.04 Å². The molecular weight excluding hydrogens is 270 g/mol. The van der Waals surface area contributed by atoms with Crippen molar-refractivity contribution in [2.24, 2.45) is 0 Å². The third-order valence-electron chi connectivity index (χ3n) is 2.44. The second-order valence-electron chi connectivity index (χ2n) is 3.97. The van der Waals surface area contributed by atoms with Crippen LogP contribution in [-0.4, -0.2) is 39.0 Å². The summed E-state index contributed by atoms with van der Waals surface area (Å²) in [5.74, 6) is -1.40. The van der Waals surface area contributed by atoms with Gasteiger partial charge in [-0.25, -0.2) is 8.42 Å². The molecule has 19 heavy (non-hydrogen) atoms. The number of aliphatic carboxylic acids is 1. The van der Waals surface area contributed by atoms with Crippen molar-refractivity contribution >= 4 is 16.0 Å². The highest BCUT2D eigenvalue weighted by atomic mass is 32.2. The van der Waals surface area contributed by atoms with E-state index in [2.05, 4.69) is 4.72 Å². The van der Waals surface area contributed by atoms with Gasteiger partial charge in [0.2, 0.25) is 10.0 Å². The number of sulfonamides is 1. The third kappa shape index (κ3) is 5.37. The predicted molar refractivity (Wildman–Crippen MR) is 70.2 cm³/mol. The fraction of sp³-hybridized carbons (Fsp3) is 0.417. The Bertz CT molecular complexity index is 500. The molecule has 0 amide bonds. The van der Waals surface area contributed by atoms with E-state index in [1.807, 2.05) is 0 Å². The van der Waals surface area contributed by atoms with E-state index < -0.39 is 22.0 Å². The first-order chi connectivity index (χ1) is 8.96. The Morgan fingerprint density at radius 3 is 2.53 bits per heavy atom. The molecule has 1 aromatic rings. The Balaban J connectivity index is 2.77. The van der Waals surface area contributed by atoms with Crippen LogP contribution < -0.4 is 4.72 Å². The van der Waals surface area contributed by atoms with Crippen LogP contribution in [0.2, 0.25) is 0 Å². The zero-order valence-corrected chi connectivity index (χ0v) is 11.4. The zero-order chi connectivity index (χ0) is 14.3. The Morgan fingerprint density at radius 1 is 1.37 bits per heavy atom. The molecule has 0 fully saturated rings. The van der Waals surface area contributed by atoms with Crippen molar-refractivity contribution < 1.29 is 23.1 Å². The largest absolute Gasteiger partial charge is 0.480 e. The number of carboxylic acid groups (broad SMARTS) is 1. The maximum absolute atomic E-state index is 11.8. The lowest BCUT2D eigenvalue weighted by molar-refractivity contribution is -0.139. The molecule has 0 bridgehead atoms. The second kappa shape index (κ2) is 7.22. The molecular formula is C12H17NO5S. The number of methoxy groups -OCH3 is 1. The molecule has 6 nitrogen and oxygen atoms in total. The highest BCUT2D eigenvalue weighted by Gasteiger charge is 2.25. The fourth-order valence-corrected chi connectivity index (χ4v) is 2.75. The SMILES string of the molecule is COCCCS(=O)(=O)N[C@@H](C(=O)O)c1ccccc1. The van der Waals surface area contributed by atoms with E-state index in [-0.39, 0.29) is 5.75 Å². The number of hydrogen-bond donors (Lipinski definition) is 2. The van der Waals surface area contributed by atoms with Gasteiger partial charge in [0.15, 0.2) is 0 Å². The van der Waals surface area contributed by atoms with Gasteiger partial charge in [-0.15, -0.1) is 0 Å². The predicted octanol–water partition coefficient (Wildman–Crippen LogP) is 0.768. The molecule has 0 spiro atoms. The topological polar surface area (TPSA) is 92.7 Å². The van der Waals surface area contributed by atoms with Gasteiger partial charge in [-0.1, -0.05) is 30.3 Å². The van der Waals surface area contributed by atoms with Crippen molar-refractivity contribution in [1.29, 1.82) is 0 Å². The molecule has 0 aromatic heterocycles. The summed E-state index contributed by atoms with van der Waals surface area (Å²) in [4.78, 5) is 11.2. The van der Waals surface area contributed by atoms with Crippen molar-refractivity contribution in [1.82, 2.24) is 4.72 Å². The Kier molecular flexibility index (Phi) is 5.94. The fourth-order valence-electron chi connectivity index (χ4n) is 1.54. The lowest BCUT2D eigenvalue weighted by Gasteiger charge is -2.15. The molecule has 0 saturated heterocycles. The number of ether oxygens (including phenoxy) is 1. The van der Waals surface area contributed by atoms with Crippen LogP contribution in [0.15, 0.2) is 30.3 Å². The summed E-state index contributed by atoms with van der Waals surface area (Å²) in [5, 5.41) is 9.11. The summed E-state index contributed by atoms with van der Waals surface area (Å²) in [6.07, 6.45) is 0.312. The van der Waals surface area contributed by atoms with Gasteiger partial charge in [-0.05, 0) is 12.0 Å². The highest BCUT2D eigenvalue weighted by molar-refractivity contribution is 7.89. The molecule has 0 aliphatic carbocycles. The minimum absolute atomic E-state index is 0.169. The smallest absolute Gasteiger partial charge is 0.326 e. The number of carboxylic acids is 1. The zero-order valence-electron chi connectivity index (χ0n) is 10.6. The summed E-state index contributed by atoms with van der Waals surface area (Å²) in [6.45, 7) is 0.310. The standard InChI is InChI=1S/C12H17NO5S/c1-18-8-5-9-19(16,17)13-11(12(14)15)10-6-3-2-4-7-10/h2-4,6-7,11,13H,5,8-9H2,1H3,(H,14,15)/t11-/m1/s1. The molecule has 106 valence electrons. The third-order valence-corrected chi connectivity index (χ3v) is 3.86. The molecule has 0 unspecified atom stereocenters. The first-order valence-corrected chi connectivity index (χ1v) is 7.38. The summed E-state index contributed by atoms with van der Waals surface area (Å²) < 4.78 is 30.5. The van der Waals surface area contributed by atoms with Gasteiger partial charge in [0.05, 0.1) is 5.75 Å². The van der Waals surface area contributed by atoms with E-state index in [1.54, 1.807) is 30.3 Å².